The summed E-state index contributed by atoms with van der Waals surface area (Å²) < 4.78 is 15.8. The topological polar surface area (TPSA) is 54.3 Å². The number of benzene rings is 2. The van der Waals surface area contributed by atoms with E-state index in [2.05, 4.69) is 5.32 Å². The van der Waals surface area contributed by atoms with Crippen molar-refractivity contribution in [1.82, 2.24) is 14.8 Å². The molecule has 6 heteroatoms. The summed E-state index contributed by atoms with van der Waals surface area (Å²) in [6.07, 6.45) is 5.65. The number of amides is 2. The first-order valence-electron chi connectivity index (χ1n) is 10.2. The minimum atomic E-state index is -0.523. The summed E-state index contributed by atoms with van der Waals surface area (Å²) in [5.74, 6) is -0.839. The van der Waals surface area contributed by atoms with Crippen molar-refractivity contribution in [2.45, 2.75) is 25.3 Å². The minimum Gasteiger partial charge on any atom is -0.349 e. The fourth-order valence-corrected chi connectivity index (χ4v) is 3.76. The Kier molecular flexibility index (Phi) is 5.93. The lowest BCUT2D eigenvalue weighted by atomic mass is 10.0. The average Bonchev–Trinajstić information content (AvgIpc) is 3.30. The van der Waals surface area contributed by atoms with E-state index >= 15 is 0 Å². The Morgan fingerprint density at radius 1 is 0.933 bits per heavy atom. The van der Waals surface area contributed by atoms with E-state index in [0.29, 0.717) is 32.4 Å². The van der Waals surface area contributed by atoms with E-state index in [0.717, 1.165) is 11.3 Å². The van der Waals surface area contributed by atoms with Gasteiger partial charge in [0.05, 0.1) is 12.0 Å². The van der Waals surface area contributed by atoms with Crippen molar-refractivity contribution < 1.29 is 14.0 Å². The number of piperidine rings is 1. The molecule has 0 aliphatic carbocycles. The van der Waals surface area contributed by atoms with Crippen LogP contribution >= 0.6 is 0 Å². The summed E-state index contributed by atoms with van der Waals surface area (Å²) in [6, 6.07) is 17.8. The smallest absolute Gasteiger partial charge is 0.254 e. The van der Waals surface area contributed by atoms with E-state index in [1.165, 1.54) is 12.1 Å². The number of likely N-dealkylation sites (tertiary alicyclic amines) is 1. The van der Waals surface area contributed by atoms with Gasteiger partial charge in [0.15, 0.2) is 0 Å². The quantitative estimate of drug-likeness (QED) is 0.706. The van der Waals surface area contributed by atoms with Gasteiger partial charge in [0, 0.05) is 37.2 Å². The van der Waals surface area contributed by atoms with E-state index < -0.39 is 11.7 Å². The Bertz CT molecular complexity index is 1010. The van der Waals surface area contributed by atoms with Gasteiger partial charge in [0.1, 0.15) is 5.82 Å². The molecule has 2 aromatic carbocycles. The van der Waals surface area contributed by atoms with Crippen LogP contribution in [0.1, 0.15) is 28.8 Å². The fraction of sp³-hybridized carbons (Fsp3) is 0.250. The number of hydrogen-bond acceptors (Lipinski definition) is 2. The lowest BCUT2D eigenvalue weighted by Crippen LogP contribution is -2.47. The molecule has 1 aliphatic rings. The normalized spacial score (nSPS) is 14.5. The summed E-state index contributed by atoms with van der Waals surface area (Å²) in [7, 11) is 0. The van der Waals surface area contributed by atoms with Crippen molar-refractivity contribution in [2.75, 3.05) is 13.1 Å². The molecule has 0 atom stereocenters. The highest BCUT2D eigenvalue weighted by atomic mass is 19.1. The molecule has 5 nitrogen and oxygen atoms in total. The van der Waals surface area contributed by atoms with Crippen molar-refractivity contribution in [3.8, 4) is 5.69 Å². The maximum Gasteiger partial charge on any atom is 0.254 e. The highest BCUT2D eigenvalue weighted by molar-refractivity contribution is 5.94. The van der Waals surface area contributed by atoms with E-state index in [9.17, 15) is 14.0 Å². The van der Waals surface area contributed by atoms with Crippen molar-refractivity contribution >= 4 is 11.8 Å². The number of carbonyl (C=O) groups is 2. The second-order valence-electron chi connectivity index (χ2n) is 7.54. The molecule has 0 spiro atoms. The molecule has 3 aromatic rings. The van der Waals surface area contributed by atoms with Crippen molar-refractivity contribution in [1.29, 1.82) is 0 Å². The standard InChI is InChI=1S/C24H24FN3O2/c25-22-6-2-1-5-21(22)24(30)26-19-11-15-28(16-12-19)23(29)17-18-7-9-20(10-8-18)27-13-3-4-14-27/h1-10,13-14,19H,11-12,15-17H2,(H,26,30). The van der Waals surface area contributed by atoms with Gasteiger partial charge in [-0.2, -0.15) is 0 Å². The fourth-order valence-electron chi connectivity index (χ4n) is 3.76. The number of hydrogen-bond donors (Lipinski definition) is 1. The monoisotopic (exact) mass is 405 g/mol. The molecule has 1 N–H and O–H groups in total. The molecular weight excluding hydrogens is 381 g/mol. The molecule has 30 heavy (non-hydrogen) atoms. The molecule has 4 rings (SSSR count). The van der Waals surface area contributed by atoms with Crippen molar-refractivity contribution in [3.63, 3.8) is 0 Å². The summed E-state index contributed by atoms with van der Waals surface area (Å²) >= 11 is 0. The summed E-state index contributed by atoms with van der Waals surface area (Å²) in [5.41, 5.74) is 2.09. The molecule has 154 valence electrons. The van der Waals surface area contributed by atoms with Crippen LogP contribution < -0.4 is 5.32 Å². The van der Waals surface area contributed by atoms with Crippen LogP contribution in [0.5, 0.6) is 0 Å². The van der Waals surface area contributed by atoms with Crippen LogP contribution in [0.2, 0.25) is 0 Å². The zero-order valence-corrected chi connectivity index (χ0v) is 16.6. The minimum absolute atomic E-state index is 0.0537. The third-order valence-electron chi connectivity index (χ3n) is 5.50. The highest BCUT2D eigenvalue weighted by Crippen LogP contribution is 2.16. The maximum absolute atomic E-state index is 13.8. The van der Waals surface area contributed by atoms with Crippen LogP contribution in [0.4, 0.5) is 4.39 Å². The first-order chi connectivity index (χ1) is 14.6. The van der Waals surface area contributed by atoms with Gasteiger partial charge in [0.25, 0.3) is 5.91 Å². The third-order valence-corrected chi connectivity index (χ3v) is 5.50. The Labute approximate surface area is 175 Å². The van der Waals surface area contributed by atoms with Crippen LogP contribution in [-0.2, 0) is 11.2 Å². The molecule has 0 saturated carbocycles. The highest BCUT2D eigenvalue weighted by Gasteiger charge is 2.24. The van der Waals surface area contributed by atoms with Gasteiger partial charge in [-0.25, -0.2) is 4.39 Å². The lowest BCUT2D eigenvalue weighted by Gasteiger charge is -2.32. The van der Waals surface area contributed by atoms with E-state index in [4.69, 9.17) is 0 Å². The summed E-state index contributed by atoms with van der Waals surface area (Å²) in [4.78, 5) is 26.8. The molecule has 1 fully saturated rings. The zero-order valence-electron chi connectivity index (χ0n) is 16.6. The van der Waals surface area contributed by atoms with Gasteiger partial charge >= 0.3 is 0 Å². The van der Waals surface area contributed by atoms with Crippen molar-refractivity contribution in [3.05, 3.63) is 90.0 Å². The van der Waals surface area contributed by atoms with E-state index in [1.807, 2.05) is 58.3 Å². The number of halogens is 1. The average molecular weight is 405 g/mol. The Morgan fingerprint density at radius 3 is 2.27 bits per heavy atom. The Morgan fingerprint density at radius 2 is 1.60 bits per heavy atom. The van der Waals surface area contributed by atoms with E-state index in [-0.39, 0.29) is 17.5 Å². The van der Waals surface area contributed by atoms with E-state index in [1.54, 1.807) is 12.1 Å². The van der Waals surface area contributed by atoms with Gasteiger partial charge in [-0.15, -0.1) is 0 Å². The summed E-state index contributed by atoms with van der Waals surface area (Å²) in [6.45, 7) is 1.17. The molecule has 0 bridgehead atoms. The number of nitrogens with zero attached hydrogens (tertiary/aromatic N) is 2. The van der Waals surface area contributed by atoms with Gasteiger partial charge in [0.2, 0.25) is 5.91 Å². The van der Waals surface area contributed by atoms with Crippen LogP contribution in [0.25, 0.3) is 5.69 Å². The van der Waals surface area contributed by atoms with Crippen LogP contribution in [0, 0.1) is 5.82 Å². The molecular formula is C24H24FN3O2. The Balaban J connectivity index is 1.27. The lowest BCUT2D eigenvalue weighted by molar-refractivity contribution is -0.131. The van der Waals surface area contributed by atoms with Crippen molar-refractivity contribution in [2.24, 2.45) is 0 Å². The largest absolute Gasteiger partial charge is 0.349 e. The third kappa shape index (κ3) is 4.59. The number of nitrogens with one attached hydrogen (secondary N) is 1. The number of rotatable bonds is 5. The first kappa shape index (κ1) is 19.9. The summed E-state index contributed by atoms with van der Waals surface area (Å²) in [5, 5.41) is 2.89. The zero-order chi connectivity index (χ0) is 20.9. The number of aromatic nitrogens is 1. The molecule has 1 saturated heterocycles. The molecule has 2 heterocycles. The molecule has 0 radical (unpaired) electrons. The van der Waals surface area contributed by atoms with Gasteiger partial charge in [-0.05, 0) is 54.8 Å². The molecule has 1 aliphatic heterocycles. The predicted molar refractivity (Wildman–Crippen MR) is 113 cm³/mol. The maximum atomic E-state index is 13.8. The second kappa shape index (κ2) is 8.95. The molecule has 1 aromatic heterocycles. The van der Waals surface area contributed by atoms with Crippen LogP contribution in [0.3, 0.4) is 0 Å². The first-order valence-corrected chi connectivity index (χ1v) is 10.2. The predicted octanol–water partition coefficient (Wildman–Crippen LogP) is 3.58. The van der Waals surface area contributed by atoms with Crippen LogP contribution in [-0.4, -0.2) is 40.4 Å². The molecule has 2 amide bonds. The Hall–Kier alpha value is -3.41. The molecule has 0 unspecified atom stereocenters. The van der Waals surface area contributed by atoms with Gasteiger partial charge in [-0.1, -0.05) is 24.3 Å². The van der Waals surface area contributed by atoms with Gasteiger partial charge < -0.3 is 14.8 Å². The SMILES string of the molecule is O=C(NC1CCN(C(=O)Cc2ccc(-n3cccc3)cc2)CC1)c1ccccc1F. The van der Waals surface area contributed by atoms with Crippen LogP contribution in [0.15, 0.2) is 73.1 Å². The number of carbonyl (C=O) groups excluding carboxylic acids is 2. The van der Waals surface area contributed by atoms with Gasteiger partial charge in [-0.3, -0.25) is 9.59 Å². The second-order valence-corrected chi connectivity index (χ2v) is 7.54.